The van der Waals surface area contributed by atoms with E-state index in [1.165, 1.54) is 14.0 Å². The van der Waals surface area contributed by atoms with Gasteiger partial charge in [-0.3, -0.25) is 0 Å². The minimum absolute atomic E-state index is 0.282. The summed E-state index contributed by atoms with van der Waals surface area (Å²) in [6.45, 7) is 0. The van der Waals surface area contributed by atoms with E-state index in [0.717, 1.165) is 20.7 Å². The third kappa shape index (κ3) is 3.13. The van der Waals surface area contributed by atoms with Crippen molar-refractivity contribution in [2.24, 2.45) is 0 Å². The number of alkyl halides is 1. The van der Waals surface area contributed by atoms with Crippen LogP contribution in [-0.4, -0.2) is 4.98 Å². The van der Waals surface area contributed by atoms with Gasteiger partial charge in [-0.25, -0.2) is 4.98 Å². The Balaban J connectivity index is 1.86. The fourth-order valence-electron chi connectivity index (χ4n) is 1.84. The number of halogens is 3. The van der Waals surface area contributed by atoms with Crippen LogP contribution >= 0.6 is 70.5 Å². The number of hydrogen-bond donors (Lipinski definition) is 0. The molecular weight excluding hydrogens is 474 g/mol. The van der Waals surface area contributed by atoms with Gasteiger partial charge in [-0.2, -0.15) is 0 Å². The molecule has 1 atom stereocenters. The van der Waals surface area contributed by atoms with Crippen molar-refractivity contribution >= 4 is 80.7 Å². The van der Waals surface area contributed by atoms with E-state index in [9.17, 15) is 0 Å². The summed E-state index contributed by atoms with van der Waals surface area (Å²) < 4.78 is 3.56. The van der Waals surface area contributed by atoms with E-state index in [-0.39, 0.29) is 4.83 Å². The van der Waals surface area contributed by atoms with Crippen LogP contribution in [0.25, 0.3) is 10.2 Å². The van der Waals surface area contributed by atoms with Crippen LogP contribution in [-0.2, 0) is 6.42 Å². The van der Waals surface area contributed by atoms with Crippen molar-refractivity contribution in [3.63, 3.8) is 0 Å². The predicted molar refractivity (Wildman–Crippen MR) is 94.7 cm³/mol. The lowest BCUT2D eigenvalue weighted by molar-refractivity contribution is 0.939. The summed E-state index contributed by atoms with van der Waals surface area (Å²) in [6, 6.07) is 10.4. The lowest BCUT2D eigenvalue weighted by atomic mass is 10.2. The molecule has 2 aromatic heterocycles. The average molecular weight is 482 g/mol. The van der Waals surface area contributed by atoms with Gasteiger partial charge in [0.05, 0.1) is 22.8 Å². The second-order valence-electron chi connectivity index (χ2n) is 4.03. The number of fused-ring (bicyclic) bond motifs is 1. The summed E-state index contributed by atoms with van der Waals surface area (Å²) in [5.41, 5.74) is 2.36. The van der Waals surface area contributed by atoms with Gasteiger partial charge in [0.2, 0.25) is 0 Å². The first kappa shape index (κ1) is 14.2. The van der Waals surface area contributed by atoms with Crippen LogP contribution in [0.4, 0.5) is 0 Å². The molecule has 0 saturated carbocycles. The highest BCUT2D eigenvalue weighted by atomic mass is 79.9. The largest absolute Gasteiger partial charge is 0.241 e. The zero-order valence-electron chi connectivity index (χ0n) is 9.57. The van der Waals surface area contributed by atoms with Crippen LogP contribution in [0.15, 0.2) is 37.9 Å². The van der Waals surface area contributed by atoms with Crippen LogP contribution in [0.2, 0.25) is 0 Å². The topological polar surface area (TPSA) is 12.9 Å². The van der Waals surface area contributed by atoms with E-state index in [1.807, 2.05) is 6.07 Å². The summed E-state index contributed by atoms with van der Waals surface area (Å²) in [6.07, 6.45) is 0.904. The second-order valence-corrected chi connectivity index (χ2v) is 10.00. The Hall–Kier alpha value is 0.250. The molecule has 0 amide bonds. The molecule has 0 spiro atoms. The number of para-hydroxylation sites is 1. The summed E-state index contributed by atoms with van der Waals surface area (Å²) in [4.78, 5) is 4.96. The number of aromatic nitrogens is 1. The molecule has 98 valence electrons. The molecule has 2 heterocycles. The van der Waals surface area contributed by atoms with Crippen molar-refractivity contribution < 1.29 is 0 Å². The molecule has 3 aromatic rings. The number of hydrogen-bond acceptors (Lipinski definition) is 3. The molecule has 0 aliphatic carbocycles. The molecule has 0 N–H and O–H groups in total. The molecule has 1 unspecified atom stereocenters. The normalized spacial score (nSPS) is 13.0. The Morgan fingerprint density at radius 3 is 2.63 bits per heavy atom. The minimum atomic E-state index is 0.282. The molecule has 1 nitrogen and oxygen atoms in total. The number of nitrogens with zero attached hydrogens (tertiary/aromatic N) is 1. The summed E-state index contributed by atoms with van der Waals surface area (Å²) >= 11 is 14.4. The average Bonchev–Trinajstić information content (AvgIpc) is 2.91. The molecule has 0 aliphatic rings. The van der Waals surface area contributed by atoms with E-state index in [1.54, 1.807) is 22.7 Å². The van der Waals surface area contributed by atoms with Gasteiger partial charge in [0.25, 0.3) is 0 Å². The van der Waals surface area contributed by atoms with Gasteiger partial charge in [0, 0.05) is 11.2 Å². The molecule has 0 fully saturated rings. The summed E-state index contributed by atoms with van der Waals surface area (Å²) in [5, 5.41) is 1.16. The van der Waals surface area contributed by atoms with Gasteiger partial charge in [-0.1, -0.05) is 28.1 Å². The maximum atomic E-state index is 4.68. The van der Waals surface area contributed by atoms with Crippen molar-refractivity contribution in [1.29, 1.82) is 0 Å². The lowest BCUT2D eigenvalue weighted by Crippen LogP contribution is -1.93. The van der Waals surface area contributed by atoms with E-state index < -0.39 is 0 Å². The molecule has 0 saturated heterocycles. The first-order valence-corrected chi connectivity index (χ1v) is 9.70. The summed E-state index contributed by atoms with van der Waals surface area (Å²) in [7, 11) is 0. The third-order valence-electron chi connectivity index (χ3n) is 2.71. The molecule has 0 aliphatic heterocycles. The van der Waals surface area contributed by atoms with Crippen molar-refractivity contribution in [1.82, 2.24) is 4.98 Å². The molecule has 19 heavy (non-hydrogen) atoms. The smallest absolute Gasteiger partial charge is 0.0953 e. The highest BCUT2D eigenvalue weighted by Gasteiger charge is 2.17. The second kappa shape index (κ2) is 5.93. The van der Waals surface area contributed by atoms with E-state index in [4.69, 9.17) is 0 Å². The highest BCUT2D eigenvalue weighted by molar-refractivity contribution is 9.12. The zero-order valence-corrected chi connectivity index (χ0v) is 16.0. The van der Waals surface area contributed by atoms with Gasteiger partial charge in [0.15, 0.2) is 0 Å². The van der Waals surface area contributed by atoms with Crippen LogP contribution in [0.5, 0.6) is 0 Å². The molecule has 3 rings (SSSR count). The van der Waals surface area contributed by atoms with E-state index >= 15 is 0 Å². The zero-order chi connectivity index (χ0) is 13.4. The van der Waals surface area contributed by atoms with Crippen molar-refractivity contribution in [3.05, 3.63) is 48.5 Å². The number of rotatable bonds is 3. The summed E-state index contributed by atoms with van der Waals surface area (Å²) in [5.74, 6) is 0. The van der Waals surface area contributed by atoms with E-state index in [0.29, 0.717) is 0 Å². The number of benzene rings is 1. The molecule has 0 radical (unpaired) electrons. The van der Waals surface area contributed by atoms with Crippen LogP contribution < -0.4 is 0 Å². The SMILES string of the molecule is Brc1cc(C(Br)Cc2nc3ccccc3s2)c(Br)s1. The maximum absolute atomic E-state index is 4.68. The quantitative estimate of drug-likeness (QED) is 0.386. The minimum Gasteiger partial charge on any atom is -0.241 e. The number of thiazole rings is 1. The Morgan fingerprint density at radius 2 is 1.95 bits per heavy atom. The van der Waals surface area contributed by atoms with Gasteiger partial charge in [0.1, 0.15) is 0 Å². The third-order valence-corrected chi connectivity index (χ3v) is 6.97. The lowest BCUT2D eigenvalue weighted by Gasteiger charge is -2.06. The fraction of sp³-hybridized carbons (Fsp3) is 0.154. The standard InChI is InChI=1S/C13H8Br3NS2/c14-8(7-5-11(15)19-13(7)16)6-12-17-9-3-1-2-4-10(9)18-12/h1-5,8H,6H2. The molecule has 6 heteroatoms. The van der Waals surface area contributed by atoms with Crippen LogP contribution in [0, 0.1) is 0 Å². The van der Waals surface area contributed by atoms with Crippen molar-refractivity contribution in [3.8, 4) is 0 Å². The first-order chi connectivity index (χ1) is 9.13. The van der Waals surface area contributed by atoms with Gasteiger partial charge < -0.3 is 0 Å². The first-order valence-electron chi connectivity index (χ1n) is 5.57. The molecular formula is C13H8Br3NS2. The van der Waals surface area contributed by atoms with Gasteiger partial charge in [-0.15, -0.1) is 22.7 Å². The van der Waals surface area contributed by atoms with Crippen LogP contribution in [0.3, 0.4) is 0 Å². The van der Waals surface area contributed by atoms with Crippen LogP contribution in [0.1, 0.15) is 15.4 Å². The van der Waals surface area contributed by atoms with E-state index in [2.05, 4.69) is 77.0 Å². The van der Waals surface area contributed by atoms with Crippen molar-refractivity contribution in [2.45, 2.75) is 11.2 Å². The maximum Gasteiger partial charge on any atom is 0.0953 e. The molecule has 0 bridgehead atoms. The number of thiophene rings is 1. The Morgan fingerprint density at radius 1 is 1.16 bits per heavy atom. The molecule has 1 aromatic carbocycles. The Kier molecular flexibility index (Phi) is 4.43. The van der Waals surface area contributed by atoms with Gasteiger partial charge in [-0.05, 0) is 55.6 Å². The highest BCUT2D eigenvalue weighted by Crippen LogP contribution is 2.40. The Labute approximate surface area is 144 Å². The monoisotopic (exact) mass is 479 g/mol. The fourth-order valence-corrected chi connectivity index (χ4v) is 7.16. The van der Waals surface area contributed by atoms with Gasteiger partial charge >= 0.3 is 0 Å². The Bertz CT molecular complexity index is 687. The van der Waals surface area contributed by atoms with Crippen molar-refractivity contribution in [2.75, 3.05) is 0 Å². The predicted octanol–water partition coefficient (Wildman–Crippen LogP) is 6.56.